The van der Waals surface area contributed by atoms with Gasteiger partial charge in [-0.3, -0.25) is 9.10 Å². The molecule has 6 nitrogen and oxygen atoms in total. The van der Waals surface area contributed by atoms with Crippen molar-refractivity contribution < 1.29 is 17.9 Å². The minimum Gasteiger partial charge on any atom is -0.375 e. The van der Waals surface area contributed by atoms with Crippen molar-refractivity contribution in [3.05, 3.63) is 102 Å². The molecule has 0 radical (unpaired) electrons. The normalized spacial score (nSPS) is 11.1. The molecule has 0 aliphatic carbocycles. The highest BCUT2D eigenvalue weighted by Gasteiger charge is 2.23. The number of anilines is 1. The average Bonchev–Trinajstić information content (AvgIpc) is 2.78. The molecule has 0 aliphatic rings. The van der Waals surface area contributed by atoms with Crippen molar-refractivity contribution in [3.8, 4) is 0 Å². The van der Waals surface area contributed by atoms with Crippen LogP contribution in [0, 0.1) is 0 Å². The molecule has 31 heavy (non-hydrogen) atoms. The summed E-state index contributed by atoms with van der Waals surface area (Å²) in [5, 5.41) is 2.81. The monoisotopic (exact) mass is 438 g/mol. The topological polar surface area (TPSA) is 75.7 Å². The molecule has 1 amide bonds. The summed E-state index contributed by atoms with van der Waals surface area (Å²) < 4.78 is 31.9. The van der Waals surface area contributed by atoms with E-state index < -0.39 is 10.0 Å². The number of rotatable bonds is 10. The van der Waals surface area contributed by atoms with Crippen LogP contribution in [0.3, 0.4) is 0 Å². The minimum atomic E-state index is -3.60. The van der Waals surface area contributed by atoms with Crippen LogP contribution in [0.1, 0.15) is 21.5 Å². The SMILES string of the molecule is CS(=O)(=O)N(Cc1ccccc1)c1ccccc1C(=O)NCCOCc1ccccc1. The van der Waals surface area contributed by atoms with Crippen LogP contribution in [0.2, 0.25) is 0 Å². The Morgan fingerprint density at radius 3 is 2.10 bits per heavy atom. The average molecular weight is 439 g/mol. The van der Waals surface area contributed by atoms with Gasteiger partial charge in [-0.05, 0) is 23.3 Å². The maximum absolute atomic E-state index is 12.8. The fourth-order valence-electron chi connectivity index (χ4n) is 3.11. The third-order valence-corrected chi connectivity index (χ3v) is 5.76. The third kappa shape index (κ3) is 6.67. The Balaban J connectivity index is 1.66. The molecule has 0 heterocycles. The predicted octanol–water partition coefficient (Wildman–Crippen LogP) is 3.60. The zero-order chi connectivity index (χ0) is 22.1. The van der Waals surface area contributed by atoms with E-state index in [9.17, 15) is 13.2 Å². The zero-order valence-corrected chi connectivity index (χ0v) is 18.2. The predicted molar refractivity (Wildman–Crippen MR) is 122 cm³/mol. The summed E-state index contributed by atoms with van der Waals surface area (Å²) in [5.41, 5.74) is 2.53. The number of carbonyl (C=O) groups excluding carboxylic acids is 1. The van der Waals surface area contributed by atoms with Gasteiger partial charge in [0.1, 0.15) is 0 Å². The van der Waals surface area contributed by atoms with E-state index in [0.717, 1.165) is 17.4 Å². The number of hydrogen-bond acceptors (Lipinski definition) is 4. The molecule has 0 aromatic heterocycles. The fraction of sp³-hybridized carbons (Fsp3) is 0.208. The van der Waals surface area contributed by atoms with Crippen LogP contribution in [-0.2, 0) is 27.9 Å². The Bertz CT molecular complexity index is 1090. The summed E-state index contributed by atoms with van der Waals surface area (Å²) in [7, 11) is -3.60. The van der Waals surface area contributed by atoms with Gasteiger partial charge in [-0.2, -0.15) is 0 Å². The van der Waals surface area contributed by atoms with Gasteiger partial charge < -0.3 is 10.1 Å². The Hall–Kier alpha value is -3.16. The van der Waals surface area contributed by atoms with Gasteiger partial charge in [0.05, 0.1) is 37.3 Å². The maximum Gasteiger partial charge on any atom is 0.253 e. The number of sulfonamides is 1. The van der Waals surface area contributed by atoms with Crippen molar-refractivity contribution in [3.63, 3.8) is 0 Å². The van der Waals surface area contributed by atoms with E-state index in [-0.39, 0.29) is 12.5 Å². The van der Waals surface area contributed by atoms with Crippen molar-refractivity contribution >= 4 is 21.6 Å². The first-order chi connectivity index (χ1) is 14.9. The number of para-hydroxylation sites is 1. The van der Waals surface area contributed by atoms with Gasteiger partial charge in [-0.15, -0.1) is 0 Å². The zero-order valence-electron chi connectivity index (χ0n) is 17.4. The number of benzene rings is 3. The Kier molecular flexibility index (Phi) is 7.81. The molecule has 0 saturated heterocycles. The number of nitrogens with one attached hydrogen (secondary N) is 1. The molecule has 3 aromatic rings. The highest BCUT2D eigenvalue weighted by Crippen LogP contribution is 2.25. The smallest absolute Gasteiger partial charge is 0.253 e. The lowest BCUT2D eigenvalue weighted by Gasteiger charge is -2.24. The molecule has 0 bridgehead atoms. The maximum atomic E-state index is 12.8. The standard InChI is InChI=1S/C24H26N2O4S/c1-31(28,29)26(18-20-10-4-2-5-11-20)23-15-9-8-14-22(23)24(27)25-16-17-30-19-21-12-6-3-7-13-21/h2-15H,16-19H2,1H3,(H,25,27). The highest BCUT2D eigenvalue weighted by molar-refractivity contribution is 7.92. The summed E-state index contributed by atoms with van der Waals surface area (Å²) >= 11 is 0. The molecule has 0 aliphatic heterocycles. The number of amides is 1. The largest absolute Gasteiger partial charge is 0.375 e. The van der Waals surface area contributed by atoms with Gasteiger partial charge in [0, 0.05) is 6.54 Å². The van der Waals surface area contributed by atoms with E-state index in [1.807, 2.05) is 60.7 Å². The van der Waals surface area contributed by atoms with Crippen molar-refractivity contribution in [2.45, 2.75) is 13.2 Å². The van der Waals surface area contributed by atoms with Crippen LogP contribution in [0.4, 0.5) is 5.69 Å². The molecule has 0 unspecified atom stereocenters. The summed E-state index contributed by atoms with van der Waals surface area (Å²) in [6, 6.07) is 25.8. The molecule has 0 atom stereocenters. The van der Waals surface area contributed by atoms with E-state index >= 15 is 0 Å². The molecule has 162 valence electrons. The second-order valence-corrected chi connectivity index (χ2v) is 8.97. The van der Waals surface area contributed by atoms with Gasteiger partial charge in [0.15, 0.2) is 0 Å². The van der Waals surface area contributed by atoms with Gasteiger partial charge in [-0.25, -0.2) is 8.42 Å². The van der Waals surface area contributed by atoms with Crippen LogP contribution in [0.25, 0.3) is 0 Å². The lowest BCUT2D eigenvalue weighted by molar-refractivity contribution is 0.0901. The van der Waals surface area contributed by atoms with Crippen molar-refractivity contribution in [2.75, 3.05) is 23.7 Å². The third-order valence-electron chi connectivity index (χ3n) is 4.63. The molecule has 0 fully saturated rings. The number of nitrogens with zero attached hydrogens (tertiary/aromatic N) is 1. The summed E-state index contributed by atoms with van der Waals surface area (Å²) in [5.74, 6) is -0.347. The first kappa shape index (κ1) is 22.5. The van der Waals surface area contributed by atoms with Crippen molar-refractivity contribution in [1.82, 2.24) is 5.32 Å². The van der Waals surface area contributed by atoms with E-state index in [1.54, 1.807) is 24.3 Å². The number of ether oxygens (including phenoxy) is 1. The molecular formula is C24H26N2O4S. The fourth-order valence-corrected chi connectivity index (χ4v) is 4.01. The molecule has 0 spiro atoms. The van der Waals surface area contributed by atoms with Crippen molar-refractivity contribution in [2.24, 2.45) is 0 Å². The van der Waals surface area contributed by atoms with E-state index in [0.29, 0.717) is 31.0 Å². The number of carbonyl (C=O) groups is 1. The van der Waals surface area contributed by atoms with Crippen LogP contribution < -0.4 is 9.62 Å². The quantitative estimate of drug-likeness (QED) is 0.491. The molecular weight excluding hydrogens is 412 g/mol. The van der Waals surface area contributed by atoms with Gasteiger partial charge in [0.2, 0.25) is 10.0 Å². The highest BCUT2D eigenvalue weighted by atomic mass is 32.2. The summed E-state index contributed by atoms with van der Waals surface area (Å²) in [4.78, 5) is 12.8. The molecule has 0 saturated carbocycles. The summed E-state index contributed by atoms with van der Waals surface area (Å²) in [6.07, 6.45) is 1.14. The Morgan fingerprint density at radius 1 is 0.871 bits per heavy atom. The lowest BCUT2D eigenvalue weighted by Crippen LogP contribution is -2.33. The van der Waals surface area contributed by atoms with Gasteiger partial charge in [-0.1, -0.05) is 72.8 Å². The van der Waals surface area contributed by atoms with E-state index in [2.05, 4.69) is 5.32 Å². The van der Waals surface area contributed by atoms with Crippen LogP contribution in [-0.4, -0.2) is 33.7 Å². The molecule has 7 heteroatoms. The van der Waals surface area contributed by atoms with Crippen LogP contribution >= 0.6 is 0 Å². The second-order valence-electron chi connectivity index (χ2n) is 7.07. The first-order valence-electron chi connectivity index (χ1n) is 9.95. The Labute approximate surface area is 183 Å². The molecule has 3 rings (SSSR count). The van der Waals surface area contributed by atoms with E-state index in [1.165, 1.54) is 4.31 Å². The van der Waals surface area contributed by atoms with E-state index in [4.69, 9.17) is 4.74 Å². The van der Waals surface area contributed by atoms with Gasteiger partial charge >= 0.3 is 0 Å². The number of hydrogen-bond donors (Lipinski definition) is 1. The summed E-state index contributed by atoms with van der Waals surface area (Å²) in [6.45, 7) is 1.27. The van der Waals surface area contributed by atoms with Gasteiger partial charge in [0.25, 0.3) is 5.91 Å². The first-order valence-corrected chi connectivity index (χ1v) is 11.8. The van der Waals surface area contributed by atoms with Crippen molar-refractivity contribution in [1.29, 1.82) is 0 Å². The second kappa shape index (κ2) is 10.7. The van der Waals surface area contributed by atoms with Crippen LogP contribution in [0.15, 0.2) is 84.9 Å². The molecule has 1 N–H and O–H groups in total. The lowest BCUT2D eigenvalue weighted by atomic mass is 10.1. The molecule has 3 aromatic carbocycles. The Morgan fingerprint density at radius 2 is 1.45 bits per heavy atom. The van der Waals surface area contributed by atoms with Crippen LogP contribution in [0.5, 0.6) is 0 Å². The minimum absolute atomic E-state index is 0.143.